The molecule has 398 valence electrons. The van der Waals surface area contributed by atoms with E-state index in [-0.39, 0.29) is 50.9 Å². The van der Waals surface area contributed by atoms with Gasteiger partial charge in [0.25, 0.3) is 28.5 Å². The number of nitrogens with one attached hydrogen (secondary N) is 3. The molecule has 0 unspecified atom stereocenters. The fourth-order valence-electron chi connectivity index (χ4n) is 8.58. The summed E-state index contributed by atoms with van der Waals surface area (Å²) in [6.07, 6.45) is 4.75. The average molecular weight is 1110 g/mol. The van der Waals surface area contributed by atoms with Crippen molar-refractivity contribution in [3.05, 3.63) is 196 Å². The molecule has 6 N–H and O–H groups in total. The molecule has 0 spiro atoms. The van der Waals surface area contributed by atoms with Crippen molar-refractivity contribution in [2.45, 2.75) is 19.6 Å². The summed E-state index contributed by atoms with van der Waals surface area (Å²) in [6, 6.07) is 26.5. The molecule has 0 bridgehead atoms. The Morgan fingerprint density at radius 1 is 0.557 bits per heavy atom. The third-order valence-electron chi connectivity index (χ3n) is 12.1. The second-order valence-electron chi connectivity index (χ2n) is 17.9. The third kappa shape index (κ3) is 12.7. The van der Waals surface area contributed by atoms with E-state index >= 15 is 0 Å². The number of aryl methyl sites for hydroxylation is 1. The normalized spacial score (nSPS) is 10.9. The van der Waals surface area contributed by atoms with Gasteiger partial charge in [-0.05, 0) is 118 Å². The number of hydrogen-bond donors (Lipinski definition) is 6. The highest BCUT2D eigenvalue weighted by Gasteiger charge is 2.22. The molecule has 0 aliphatic carbocycles. The van der Waals surface area contributed by atoms with Crippen LogP contribution in [0.3, 0.4) is 0 Å². The monoisotopic (exact) mass is 1110 g/mol. The predicted molar refractivity (Wildman–Crippen MR) is 293 cm³/mol. The number of aromatic nitrogens is 4. The molecular weight excluding hydrogens is 1070 g/mol. The van der Waals surface area contributed by atoms with E-state index in [1.54, 1.807) is 30.3 Å². The molecule has 3 amide bonds. The lowest BCUT2D eigenvalue weighted by Gasteiger charge is -2.20. The van der Waals surface area contributed by atoms with Crippen LogP contribution in [0.2, 0.25) is 10.0 Å². The molecule has 8 rings (SSSR count). The van der Waals surface area contributed by atoms with Gasteiger partial charge in [0.15, 0.2) is 0 Å². The number of halogens is 2. The van der Waals surface area contributed by atoms with Crippen LogP contribution in [0.15, 0.2) is 147 Å². The maximum atomic E-state index is 14.7. The fraction of sp³-hybridized carbons (Fsp3) is 0.109. The molecule has 0 fully saturated rings. The van der Waals surface area contributed by atoms with Crippen molar-refractivity contribution >= 4 is 92.4 Å². The lowest BCUT2D eigenvalue weighted by atomic mass is 9.91. The first-order valence-corrected chi connectivity index (χ1v) is 24.0. The van der Waals surface area contributed by atoms with Gasteiger partial charge in [0.1, 0.15) is 25.7 Å². The number of aliphatic carboxylic acids is 3. The molecule has 22 nitrogen and oxygen atoms in total. The highest BCUT2D eigenvalue weighted by Crippen LogP contribution is 2.36. The third-order valence-corrected chi connectivity index (χ3v) is 12.6. The molecular formula is C55H41Cl2N9O13. The number of rotatable bonds is 17. The number of amides is 3. The molecule has 0 saturated heterocycles. The first kappa shape index (κ1) is 54.9. The number of likely N-dealkylation sites (N-methyl/N-ethyl adjacent to an activating group) is 1. The number of nitrogens with zero attached hydrogens (tertiary/aromatic N) is 6. The molecule has 0 radical (unpaired) electrons. The Morgan fingerprint density at radius 3 is 1.72 bits per heavy atom. The van der Waals surface area contributed by atoms with E-state index < -0.39 is 83.1 Å². The minimum atomic E-state index is -1.50. The van der Waals surface area contributed by atoms with Gasteiger partial charge in [0.2, 0.25) is 11.5 Å². The molecule has 4 aromatic heterocycles. The first-order chi connectivity index (χ1) is 37.5. The summed E-state index contributed by atoms with van der Waals surface area (Å²) >= 11 is 12.6. The number of fused-ring (bicyclic) bond motifs is 1. The van der Waals surface area contributed by atoms with Gasteiger partial charge < -0.3 is 54.4 Å². The fourth-order valence-corrected chi connectivity index (χ4v) is 8.92. The highest BCUT2D eigenvalue weighted by molar-refractivity contribution is 6.31. The Morgan fingerprint density at radius 2 is 1.10 bits per heavy atom. The molecule has 79 heavy (non-hydrogen) atoms. The summed E-state index contributed by atoms with van der Waals surface area (Å²) in [7, 11) is 3.04. The summed E-state index contributed by atoms with van der Waals surface area (Å²) < 4.78 is 3.63. The predicted octanol–water partition coefficient (Wildman–Crippen LogP) is 6.04. The van der Waals surface area contributed by atoms with Crippen LogP contribution in [-0.2, 0) is 45.9 Å². The Labute approximate surface area is 454 Å². The van der Waals surface area contributed by atoms with Gasteiger partial charge >= 0.3 is 17.9 Å². The quantitative estimate of drug-likeness (QED) is 0.0606. The second kappa shape index (κ2) is 22.8. The van der Waals surface area contributed by atoms with E-state index in [9.17, 15) is 68.5 Å². The second-order valence-corrected chi connectivity index (χ2v) is 18.7. The number of pyridine rings is 4. The number of benzene rings is 4. The Balaban J connectivity index is 1.22. The van der Waals surface area contributed by atoms with Gasteiger partial charge in [-0.1, -0.05) is 29.3 Å². The van der Waals surface area contributed by atoms with Crippen molar-refractivity contribution in [1.82, 2.24) is 18.3 Å². The standard InChI is InChI=1S/C55H41Cl2N9O13/c1-62(45-8-6-36(56)15-35(45)20-58)25-46(67)59-39-18-43(54(78)65(23-39)27-50(72)73)44-19-40(24-66(55(44)79)28-51(74)75)61-52(76)33-13-31(30-4-9-47(68)63(2)21-30)12-32(14-33)41-16-34(11-29-3-5-37(57)17-42(29)41)53(77)60-38-7-10-48(69)64(22-38)26-49(70)71/h3-19,21-24H,25-28H2,1-2H3,(H,59,67)(H,60,77)(H,61,76)(H,70,71)(H,72,73)(H,74,75). The maximum absolute atomic E-state index is 14.7. The Kier molecular flexibility index (Phi) is 15.9. The highest BCUT2D eigenvalue weighted by atomic mass is 35.5. The smallest absolute Gasteiger partial charge is 0.323 e. The van der Waals surface area contributed by atoms with Crippen LogP contribution in [0.5, 0.6) is 0 Å². The Bertz CT molecular complexity index is 4200. The van der Waals surface area contributed by atoms with Crippen LogP contribution in [0.1, 0.15) is 26.3 Å². The van der Waals surface area contributed by atoms with Gasteiger partial charge in [0.05, 0.1) is 46.0 Å². The van der Waals surface area contributed by atoms with Gasteiger partial charge in [-0.25, -0.2) is 0 Å². The van der Waals surface area contributed by atoms with Crippen molar-refractivity contribution in [1.29, 1.82) is 5.26 Å². The van der Waals surface area contributed by atoms with Crippen LogP contribution in [0, 0.1) is 11.3 Å². The minimum Gasteiger partial charge on any atom is -0.480 e. The van der Waals surface area contributed by atoms with Crippen LogP contribution in [0.4, 0.5) is 22.7 Å². The first-order valence-electron chi connectivity index (χ1n) is 23.3. The maximum Gasteiger partial charge on any atom is 0.323 e. The van der Waals surface area contributed by atoms with E-state index in [1.807, 2.05) is 6.07 Å². The molecule has 0 aliphatic heterocycles. The number of carbonyl (C=O) groups excluding carboxylic acids is 3. The molecule has 0 atom stereocenters. The van der Waals surface area contributed by atoms with Crippen molar-refractivity contribution in [3.8, 4) is 39.4 Å². The number of anilines is 4. The minimum absolute atomic E-state index is 0.0661. The Hall–Kier alpha value is -10.4. The molecule has 0 saturated carbocycles. The largest absolute Gasteiger partial charge is 0.480 e. The summed E-state index contributed by atoms with van der Waals surface area (Å²) in [4.78, 5) is 132. The summed E-state index contributed by atoms with van der Waals surface area (Å²) in [5, 5.41) is 48.2. The molecule has 4 aromatic carbocycles. The van der Waals surface area contributed by atoms with Crippen LogP contribution < -0.4 is 43.1 Å². The van der Waals surface area contributed by atoms with Crippen LogP contribution >= 0.6 is 23.2 Å². The molecule has 24 heteroatoms. The number of hydrogen-bond acceptors (Lipinski definition) is 12. The van der Waals surface area contributed by atoms with Crippen molar-refractivity contribution < 1.29 is 44.1 Å². The van der Waals surface area contributed by atoms with Gasteiger partial charge in [-0.15, -0.1) is 0 Å². The van der Waals surface area contributed by atoms with Crippen molar-refractivity contribution in [2.24, 2.45) is 7.05 Å². The van der Waals surface area contributed by atoms with E-state index in [1.165, 1.54) is 90.6 Å². The van der Waals surface area contributed by atoms with E-state index in [4.69, 9.17) is 23.2 Å². The molecule has 0 aliphatic rings. The SMILES string of the molecule is CN(CC(=O)Nc1cc(-c2cc(NC(=O)c3cc(-c4ccc(=O)n(C)c4)cc(-c4cc(C(=O)Nc5ccc(=O)n(CC(=O)O)c5)cc5ccc(Cl)cc45)c3)cn(CC(=O)O)c2=O)c(=O)n(CC(=O)O)c1)c1ccc(Cl)cc1C#N. The van der Waals surface area contributed by atoms with E-state index in [0.717, 1.165) is 35.2 Å². The van der Waals surface area contributed by atoms with Crippen LogP contribution in [-0.4, -0.2) is 82.8 Å². The zero-order valence-electron chi connectivity index (χ0n) is 41.3. The topological polar surface area (TPSA) is 314 Å². The lowest BCUT2D eigenvalue weighted by molar-refractivity contribution is -0.138. The molecule has 8 aromatic rings. The van der Waals surface area contributed by atoms with Gasteiger partial charge in [0, 0.05) is 72.2 Å². The number of carboxylic acid groups (broad SMARTS) is 3. The number of nitriles is 1. The van der Waals surface area contributed by atoms with E-state index in [2.05, 4.69) is 16.0 Å². The molecule has 4 heterocycles. The van der Waals surface area contributed by atoms with Crippen LogP contribution in [0.25, 0.3) is 44.2 Å². The average Bonchev–Trinajstić information content (AvgIpc) is 3.48. The number of carboxylic acids is 3. The van der Waals surface area contributed by atoms with Gasteiger partial charge in [-0.3, -0.25) is 47.9 Å². The van der Waals surface area contributed by atoms with Gasteiger partial charge in [-0.2, -0.15) is 5.26 Å². The summed E-state index contributed by atoms with van der Waals surface area (Å²) in [5.74, 6) is -6.49. The van der Waals surface area contributed by atoms with E-state index in [0.29, 0.717) is 52.9 Å². The zero-order valence-corrected chi connectivity index (χ0v) is 42.8. The summed E-state index contributed by atoms with van der Waals surface area (Å²) in [6.45, 7) is -2.96. The van der Waals surface area contributed by atoms with Crippen molar-refractivity contribution in [3.63, 3.8) is 0 Å². The summed E-state index contributed by atoms with van der Waals surface area (Å²) in [5.41, 5.74) is -2.28. The zero-order chi connectivity index (χ0) is 57.0. The van der Waals surface area contributed by atoms with Crippen molar-refractivity contribution in [2.75, 3.05) is 34.4 Å². The lowest BCUT2D eigenvalue weighted by Crippen LogP contribution is -2.32. The number of carbonyl (C=O) groups is 6.